The van der Waals surface area contributed by atoms with Crippen LogP contribution in [-0.4, -0.2) is 16.9 Å². The van der Waals surface area contributed by atoms with E-state index < -0.39 is 0 Å². The predicted octanol–water partition coefficient (Wildman–Crippen LogP) is 4.85. The Morgan fingerprint density at radius 2 is 2.00 bits per heavy atom. The molecule has 126 valence electrons. The normalized spacial score (nSPS) is 15.1. The molecule has 1 amide bonds. The van der Waals surface area contributed by atoms with Gasteiger partial charge in [0.2, 0.25) is 0 Å². The molecule has 0 saturated heterocycles. The Morgan fingerprint density at radius 3 is 2.79 bits per heavy atom. The van der Waals surface area contributed by atoms with Crippen molar-refractivity contribution < 1.29 is 4.79 Å². The summed E-state index contributed by atoms with van der Waals surface area (Å²) in [4.78, 5) is 16.6. The molecule has 1 aromatic carbocycles. The summed E-state index contributed by atoms with van der Waals surface area (Å²) in [5, 5.41) is 7.12. The zero-order valence-electron chi connectivity index (χ0n) is 13.8. The molecule has 0 radical (unpaired) electrons. The fourth-order valence-corrected chi connectivity index (χ4v) is 3.21. The molecule has 5 heteroatoms. The molecule has 1 aromatic heterocycles. The van der Waals surface area contributed by atoms with Crippen LogP contribution < -0.4 is 10.6 Å². The molecule has 2 N–H and O–H groups in total. The number of carbonyl (C=O) groups excluding carboxylic acids is 1. The molecule has 0 unspecified atom stereocenters. The van der Waals surface area contributed by atoms with Gasteiger partial charge in [-0.15, -0.1) is 0 Å². The van der Waals surface area contributed by atoms with Gasteiger partial charge < -0.3 is 10.6 Å². The summed E-state index contributed by atoms with van der Waals surface area (Å²) in [6, 6.07) is 9.62. The van der Waals surface area contributed by atoms with E-state index in [4.69, 9.17) is 11.6 Å². The fraction of sp³-hybridized carbons (Fsp3) is 0.368. The van der Waals surface area contributed by atoms with Crippen molar-refractivity contribution in [1.29, 1.82) is 0 Å². The molecule has 1 aliphatic carbocycles. The van der Waals surface area contributed by atoms with Crippen LogP contribution in [-0.2, 0) is 0 Å². The van der Waals surface area contributed by atoms with E-state index >= 15 is 0 Å². The highest BCUT2D eigenvalue weighted by molar-refractivity contribution is 6.31. The number of nitrogens with zero attached hydrogens (tertiary/aromatic N) is 1. The highest BCUT2D eigenvalue weighted by atomic mass is 35.5. The number of anilines is 2. The van der Waals surface area contributed by atoms with Crippen LogP contribution in [0.25, 0.3) is 0 Å². The van der Waals surface area contributed by atoms with Gasteiger partial charge in [0.15, 0.2) is 0 Å². The lowest BCUT2D eigenvalue weighted by Crippen LogP contribution is -2.36. The maximum Gasteiger partial charge on any atom is 0.270 e. The molecule has 4 nitrogen and oxygen atoms in total. The summed E-state index contributed by atoms with van der Waals surface area (Å²) in [6.07, 6.45) is 7.42. The standard InChI is InChI=1S/C19H22ClN3O/c1-13-16(20)8-5-9-17(13)22-15-10-11-21-18(12-15)19(24)23-14-6-3-2-4-7-14/h5,8-12,14H,2-4,6-7H2,1H3,(H,21,22)(H,23,24). The van der Waals surface area contributed by atoms with Crippen molar-refractivity contribution in [2.24, 2.45) is 0 Å². The summed E-state index contributed by atoms with van der Waals surface area (Å²) in [7, 11) is 0. The van der Waals surface area contributed by atoms with Gasteiger partial charge in [-0.25, -0.2) is 0 Å². The first-order valence-corrected chi connectivity index (χ1v) is 8.80. The third-order valence-corrected chi connectivity index (χ3v) is 4.89. The Hall–Kier alpha value is -2.07. The van der Waals surface area contributed by atoms with Gasteiger partial charge in [0.05, 0.1) is 0 Å². The average molecular weight is 344 g/mol. The first kappa shape index (κ1) is 16.8. The summed E-state index contributed by atoms with van der Waals surface area (Å²) in [5.74, 6) is -0.103. The minimum absolute atomic E-state index is 0.103. The van der Waals surface area contributed by atoms with Crippen molar-refractivity contribution >= 4 is 28.9 Å². The maximum atomic E-state index is 12.4. The second-order valence-corrected chi connectivity index (χ2v) is 6.68. The highest BCUT2D eigenvalue weighted by Gasteiger charge is 2.17. The molecule has 1 saturated carbocycles. The number of pyridine rings is 1. The lowest BCUT2D eigenvalue weighted by atomic mass is 9.95. The van der Waals surface area contributed by atoms with E-state index in [0.717, 1.165) is 29.8 Å². The Morgan fingerprint density at radius 1 is 1.21 bits per heavy atom. The van der Waals surface area contributed by atoms with Crippen molar-refractivity contribution in [2.75, 3.05) is 5.32 Å². The van der Waals surface area contributed by atoms with Gasteiger partial charge >= 0.3 is 0 Å². The van der Waals surface area contributed by atoms with E-state index in [1.54, 1.807) is 12.3 Å². The first-order valence-electron chi connectivity index (χ1n) is 8.42. The molecule has 1 aliphatic rings. The molecule has 0 bridgehead atoms. The Bertz CT molecular complexity index is 726. The van der Waals surface area contributed by atoms with Gasteiger partial charge in [-0.2, -0.15) is 0 Å². The number of amides is 1. The lowest BCUT2D eigenvalue weighted by Gasteiger charge is -2.22. The third-order valence-electron chi connectivity index (χ3n) is 4.48. The minimum Gasteiger partial charge on any atom is -0.355 e. The van der Waals surface area contributed by atoms with E-state index in [1.165, 1.54) is 19.3 Å². The second-order valence-electron chi connectivity index (χ2n) is 6.28. The first-order chi connectivity index (χ1) is 11.6. The molecule has 24 heavy (non-hydrogen) atoms. The molecule has 1 heterocycles. The minimum atomic E-state index is -0.103. The number of hydrogen-bond acceptors (Lipinski definition) is 3. The molecule has 2 aromatic rings. The van der Waals surface area contributed by atoms with Crippen molar-refractivity contribution in [3.05, 3.63) is 52.8 Å². The summed E-state index contributed by atoms with van der Waals surface area (Å²) in [5.41, 5.74) is 3.16. The van der Waals surface area contributed by atoms with Gasteiger partial charge in [0.1, 0.15) is 5.69 Å². The van der Waals surface area contributed by atoms with Crippen LogP contribution in [0.3, 0.4) is 0 Å². The quantitative estimate of drug-likeness (QED) is 0.834. The Balaban J connectivity index is 1.71. The lowest BCUT2D eigenvalue weighted by molar-refractivity contribution is 0.0922. The zero-order chi connectivity index (χ0) is 16.9. The van der Waals surface area contributed by atoms with E-state index in [0.29, 0.717) is 10.7 Å². The number of carbonyl (C=O) groups is 1. The van der Waals surface area contributed by atoms with Crippen LogP contribution in [0.15, 0.2) is 36.5 Å². The maximum absolute atomic E-state index is 12.4. The number of halogens is 1. The number of benzene rings is 1. The fourth-order valence-electron chi connectivity index (χ4n) is 3.04. The second kappa shape index (κ2) is 7.67. The van der Waals surface area contributed by atoms with Crippen LogP contribution in [0, 0.1) is 6.92 Å². The highest BCUT2D eigenvalue weighted by Crippen LogP contribution is 2.26. The van der Waals surface area contributed by atoms with Gasteiger partial charge in [0.25, 0.3) is 5.91 Å². The third kappa shape index (κ3) is 4.06. The van der Waals surface area contributed by atoms with Crippen molar-refractivity contribution in [3.63, 3.8) is 0 Å². The summed E-state index contributed by atoms with van der Waals surface area (Å²) >= 11 is 6.15. The van der Waals surface area contributed by atoms with Crippen molar-refractivity contribution in [2.45, 2.75) is 45.1 Å². The van der Waals surface area contributed by atoms with Crippen LogP contribution in [0.4, 0.5) is 11.4 Å². The van der Waals surface area contributed by atoms with Crippen LogP contribution in [0.2, 0.25) is 5.02 Å². The van der Waals surface area contributed by atoms with Gasteiger partial charge in [-0.05, 0) is 49.6 Å². The zero-order valence-corrected chi connectivity index (χ0v) is 14.6. The molecule has 0 spiro atoms. The van der Waals surface area contributed by atoms with Crippen LogP contribution in [0.5, 0.6) is 0 Å². The Kier molecular flexibility index (Phi) is 5.36. The predicted molar refractivity (Wildman–Crippen MR) is 98.0 cm³/mol. The van der Waals surface area contributed by atoms with E-state index in [2.05, 4.69) is 15.6 Å². The average Bonchev–Trinajstić information content (AvgIpc) is 2.60. The summed E-state index contributed by atoms with van der Waals surface area (Å²) in [6.45, 7) is 1.96. The van der Waals surface area contributed by atoms with Crippen molar-refractivity contribution in [3.8, 4) is 0 Å². The number of rotatable bonds is 4. The SMILES string of the molecule is Cc1c(Cl)cccc1Nc1ccnc(C(=O)NC2CCCCC2)c1. The smallest absolute Gasteiger partial charge is 0.270 e. The van der Waals surface area contributed by atoms with Gasteiger partial charge in [-0.3, -0.25) is 9.78 Å². The van der Waals surface area contributed by atoms with E-state index in [1.807, 2.05) is 31.2 Å². The molecule has 0 aliphatic heterocycles. The molecular formula is C19H22ClN3O. The van der Waals surface area contributed by atoms with Gasteiger partial charge in [0, 0.05) is 28.6 Å². The monoisotopic (exact) mass is 343 g/mol. The number of nitrogens with one attached hydrogen (secondary N) is 2. The van der Waals surface area contributed by atoms with E-state index in [-0.39, 0.29) is 11.9 Å². The number of hydrogen-bond donors (Lipinski definition) is 2. The number of aromatic nitrogens is 1. The van der Waals surface area contributed by atoms with Crippen molar-refractivity contribution in [1.82, 2.24) is 10.3 Å². The molecular weight excluding hydrogens is 322 g/mol. The topological polar surface area (TPSA) is 54.0 Å². The molecule has 3 rings (SSSR count). The largest absolute Gasteiger partial charge is 0.355 e. The van der Waals surface area contributed by atoms with E-state index in [9.17, 15) is 4.79 Å². The molecule has 1 fully saturated rings. The van der Waals surface area contributed by atoms with Crippen LogP contribution in [0.1, 0.15) is 48.2 Å². The molecule has 0 atom stereocenters. The van der Waals surface area contributed by atoms with Gasteiger partial charge in [-0.1, -0.05) is 36.9 Å². The van der Waals surface area contributed by atoms with Crippen LogP contribution >= 0.6 is 11.6 Å². The Labute approximate surface area is 147 Å². The summed E-state index contributed by atoms with van der Waals surface area (Å²) < 4.78 is 0.